The number of hydrogen-bond acceptors (Lipinski definition) is 7. The van der Waals surface area contributed by atoms with Gasteiger partial charge < -0.3 is 23.7 Å². The van der Waals surface area contributed by atoms with Crippen LogP contribution in [0.15, 0.2) is 48.5 Å². The lowest BCUT2D eigenvalue weighted by Crippen LogP contribution is -2.42. The molecule has 0 spiro atoms. The summed E-state index contributed by atoms with van der Waals surface area (Å²) in [6, 6.07) is 14.9. The van der Waals surface area contributed by atoms with Crippen LogP contribution >= 0.6 is 0 Å². The van der Waals surface area contributed by atoms with Gasteiger partial charge in [0.1, 0.15) is 29.3 Å². The van der Waals surface area contributed by atoms with E-state index in [-0.39, 0.29) is 30.4 Å². The number of benzene rings is 2. The largest absolute Gasteiger partial charge is 0.490 e. The highest BCUT2D eigenvalue weighted by atomic mass is 16.6. The maximum Gasteiger partial charge on any atom is 0.410 e. The van der Waals surface area contributed by atoms with Gasteiger partial charge in [-0.1, -0.05) is 36.4 Å². The lowest BCUT2D eigenvalue weighted by atomic mass is 10.1. The third kappa shape index (κ3) is 7.40. The summed E-state index contributed by atoms with van der Waals surface area (Å²) in [6.45, 7) is 6.54. The molecule has 2 fully saturated rings. The molecule has 0 radical (unpaired) electrons. The minimum atomic E-state index is -0.630. The monoisotopic (exact) mass is 525 g/mol. The predicted molar refractivity (Wildman–Crippen MR) is 143 cm³/mol. The second-order valence-corrected chi connectivity index (χ2v) is 10.9. The van der Waals surface area contributed by atoms with Gasteiger partial charge in [-0.15, -0.1) is 0 Å². The lowest BCUT2D eigenvalue weighted by Gasteiger charge is -2.28. The Morgan fingerprint density at radius 3 is 2.34 bits per heavy atom. The van der Waals surface area contributed by atoms with Gasteiger partial charge in [-0.2, -0.15) is 0 Å². The molecule has 2 atom stereocenters. The molecule has 0 N–H and O–H groups in total. The number of rotatable bonds is 9. The van der Waals surface area contributed by atoms with Crippen LogP contribution in [0.3, 0.4) is 0 Å². The first kappa shape index (κ1) is 27.8. The first-order valence-electron chi connectivity index (χ1n) is 13.4. The minimum Gasteiger partial charge on any atom is -0.490 e. The molecule has 206 valence electrons. The van der Waals surface area contributed by atoms with Crippen LogP contribution in [-0.2, 0) is 20.8 Å². The maximum atomic E-state index is 13.1. The van der Waals surface area contributed by atoms with Crippen LogP contribution in [0.4, 0.5) is 4.79 Å². The van der Waals surface area contributed by atoms with Crippen molar-refractivity contribution in [2.24, 2.45) is 0 Å². The molecule has 1 aliphatic heterocycles. The predicted octanol–water partition coefficient (Wildman–Crippen LogP) is 5.77. The number of esters is 1. The molecule has 2 aliphatic rings. The van der Waals surface area contributed by atoms with Gasteiger partial charge in [-0.05, 0) is 70.6 Å². The van der Waals surface area contributed by atoms with E-state index in [0.717, 1.165) is 31.2 Å². The molecule has 2 aromatic rings. The second kappa shape index (κ2) is 12.5. The van der Waals surface area contributed by atoms with Crippen molar-refractivity contribution in [1.82, 2.24) is 4.90 Å². The zero-order valence-corrected chi connectivity index (χ0v) is 22.8. The summed E-state index contributed by atoms with van der Waals surface area (Å²) in [5.74, 6) is 0.305. The first-order chi connectivity index (χ1) is 18.2. The average molecular weight is 526 g/mol. The molecule has 1 amide bonds. The number of amides is 1. The summed E-state index contributed by atoms with van der Waals surface area (Å²) in [7, 11) is 1.34. The van der Waals surface area contributed by atoms with E-state index in [2.05, 4.69) is 0 Å². The topological polar surface area (TPSA) is 83.5 Å². The number of nitrogens with zero attached hydrogens (tertiary/aromatic N) is 1. The Morgan fingerprint density at radius 2 is 1.66 bits per heavy atom. The Hall–Kier alpha value is -3.26. The molecule has 1 heterocycles. The molecule has 8 nitrogen and oxygen atoms in total. The first-order valence-corrected chi connectivity index (χ1v) is 13.4. The smallest absolute Gasteiger partial charge is 0.410 e. The molecule has 1 saturated heterocycles. The van der Waals surface area contributed by atoms with Crippen molar-refractivity contribution in [3.05, 3.63) is 59.7 Å². The maximum absolute atomic E-state index is 13.1. The van der Waals surface area contributed by atoms with Crippen molar-refractivity contribution in [1.29, 1.82) is 0 Å². The Labute approximate surface area is 225 Å². The highest BCUT2D eigenvalue weighted by Crippen LogP contribution is 2.34. The summed E-state index contributed by atoms with van der Waals surface area (Å²) >= 11 is 0. The highest BCUT2D eigenvalue weighted by molar-refractivity contribution is 5.95. The third-order valence-corrected chi connectivity index (χ3v) is 6.74. The van der Waals surface area contributed by atoms with E-state index in [1.165, 1.54) is 7.11 Å². The molecule has 1 saturated carbocycles. The normalized spacial score (nSPS) is 19.8. The number of ether oxygens (including phenoxy) is 5. The summed E-state index contributed by atoms with van der Waals surface area (Å²) in [6.07, 6.45) is 4.23. The van der Waals surface area contributed by atoms with E-state index in [4.69, 9.17) is 23.7 Å². The molecule has 0 unspecified atom stereocenters. The molecule has 2 aromatic carbocycles. The van der Waals surface area contributed by atoms with Crippen molar-refractivity contribution in [3.63, 3.8) is 0 Å². The molecule has 1 aliphatic carbocycles. The summed E-state index contributed by atoms with van der Waals surface area (Å²) in [4.78, 5) is 27.5. The van der Waals surface area contributed by atoms with Crippen LogP contribution in [0.2, 0.25) is 0 Å². The van der Waals surface area contributed by atoms with Crippen LogP contribution in [0, 0.1) is 0 Å². The molecule has 4 rings (SSSR count). The van der Waals surface area contributed by atoms with Gasteiger partial charge in [-0.25, -0.2) is 9.59 Å². The molecule has 38 heavy (non-hydrogen) atoms. The zero-order valence-electron chi connectivity index (χ0n) is 22.8. The van der Waals surface area contributed by atoms with E-state index in [1.54, 1.807) is 23.1 Å². The Kier molecular flexibility index (Phi) is 9.15. The molecule has 0 bridgehead atoms. The van der Waals surface area contributed by atoms with Crippen molar-refractivity contribution < 1.29 is 33.3 Å². The summed E-state index contributed by atoms with van der Waals surface area (Å²) < 4.78 is 29.2. The van der Waals surface area contributed by atoms with Gasteiger partial charge >= 0.3 is 12.1 Å². The summed E-state index contributed by atoms with van der Waals surface area (Å²) in [5.41, 5.74) is 0.702. The molecule has 8 heteroatoms. The SMILES string of the molecule is COC(=O)c1c(OC[C@H]2C[C@H](OCc3ccccc3)CN2C(=O)OC(C)(C)C)cccc1OC1CCCC1. The standard InChI is InChI=1S/C30H39NO7/c1-30(2,3)38-29(33)31-18-24(35-19-21-11-6-5-7-12-21)17-22(31)20-36-25-15-10-16-26(27(25)28(32)34-4)37-23-13-8-9-14-23/h5-7,10-12,15-16,22-24H,8-9,13-14,17-20H2,1-4H3/t22-,24+/m1/s1. The quantitative estimate of drug-likeness (QED) is 0.385. The second-order valence-electron chi connectivity index (χ2n) is 10.9. The van der Waals surface area contributed by atoms with Crippen LogP contribution in [0.1, 0.15) is 68.8 Å². The fraction of sp³-hybridized carbons (Fsp3) is 0.533. The Bertz CT molecular complexity index is 1080. The zero-order chi connectivity index (χ0) is 27.1. The van der Waals surface area contributed by atoms with Crippen molar-refractivity contribution in [2.75, 3.05) is 20.3 Å². The number of methoxy groups -OCH3 is 1. The average Bonchev–Trinajstić information content (AvgIpc) is 3.55. The van der Waals surface area contributed by atoms with E-state index in [9.17, 15) is 9.59 Å². The van der Waals surface area contributed by atoms with Gasteiger partial charge in [0.15, 0.2) is 0 Å². The fourth-order valence-electron chi connectivity index (χ4n) is 4.89. The third-order valence-electron chi connectivity index (χ3n) is 6.74. The van der Waals surface area contributed by atoms with Gasteiger partial charge in [0.25, 0.3) is 0 Å². The summed E-state index contributed by atoms with van der Waals surface area (Å²) in [5, 5.41) is 0. The van der Waals surface area contributed by atoms with Crippen molar-refractivity contribution >= 4 is 12.1 Å². The molecular weight excluding hydrogens is 486 g/mol. The van der Waals surface area contributed by atoms with Crippen LogP contribution in [0.25, 0.3) is 0 Å². The van der Waals surface area contributed by atoms with Crippen molar-refractivity contribution in [2.45, 2.75) is 83.3 Å². The van der Waals surface area contributed by atoms with Gasteiger partial charge in [0.05, 0.1) is 38.5 Å². The molecular formula is C30H39NO7. The van der Waals surface area contributed by atoms with E-state index < -0.39 is 17.7 Å². The van der Waals surface area contributed by atoms with Crippen LogP contribution < -0.4 is 9.47 Å². The lowest BCUT2D eigenvalue weighted by molar-refractivity contribution is 0.0126. The minimum absolute atomic E-state index is 0.0775. The van der Waals surface area contributed by atoms with Crippen molar-refractivity contribution in [3.8, 4) is 11.5 Å². The number of likely N-dealkylation sites (tertiary alicyclic amines) is 1. The Balaban J connectivity index is 1.48. The van der Waals surface area contributed by atoms with Crippen LogP contribution in [-0.4, -0.2) is 61.1 Å². The van der Waals surface area contributed by atoms with Gasteiger partial charge in [0, 0.05) is 0 Å². The van der Waals surface area contributed by atoms with E-state index in [1.807, 2.05) is 51.1 Å². The van der Waals surface area contributed by atoms with Gasteiger partial charge in [-0.3, -0.25) is 4.90 Å². The Morgan fingerprint density at radius 1 is 0.947 bits per heavy atom. The highest BCUT2D eigenvalue weighted by Gasteiger charge is 2.39. The number of carbonyl (C=O) groups is 2. The number of hydrogen-bond donors (Lipinski definition) is 0. The number of carbonyl (C=O) groups excluding carboxylic acids is 2. The van der Waals surface area contributed by atoms with Crippen LogP contribution in [0.5, 0.6) is 11.5 Å². The molecule has 0 aromatic heterocycles. The van der Waals surface area contributed by atoms with E-state index >= 15 is 0 Å². The fourth-order valence-corrected chi connectivity index (χ4v) is 4.89. The van der Waals surface area contributed by atoms with Gasteiger partial charge in [0.2, 0.25) is 0 Å². The van der Waals surface area contributed by atoms with E-state index in [0.29, 0.717) is 31.1 Å².